The SMILES string of the molecule is CC(C)NC(=O)N[C@@H]1CC[C@H](CO)C1. The molecular formula is C10H20N2O2. The number of rotatable bonds is 3. The first-order valence-corrected chi connectivity index (χ1v) is 5.29. The Morgan fingerprint density at radius 2 is 2.21 bits per heavy atom. The molecule has 1 aliphatic rings. The molecule has 2 amide bonds. The zero-order chi connectivity index (χ0) is 10.6. The van der Waals surface area contributed by atoms with Crippen molar-refractivity contribution in [2.75, 3.05) is 6.61 Å². The molecule has 4 heteroatoms. The minimum atomic E-state index is -0.0939. The molecule has 1 rings (SSSR count). The first kappa shape index (κ1) is 11.3. The van der Waals surface area contributed by atoms with Crippen LogP contribution in [0.15, 0.2) is 0 Å². The van der Waals surface area contributed by atoms with Gasteiger partial charge in [0.1, 0.15) is 0 Å². The molecule has 4 nitrogen and oxygen atoms in total. The molecule has 0 heterocycles. The minimum Gasteiger partial charge on any atom is -0.396 e. The van der Waals surface area contributed by atoms with E-state index in [0.29, 0.717) is 5.92 Å². The van der Waals surface area contributed by atoms with Crippen LogP contribution >= 0.6 is 0 Å². The van der Waals surface area contributed by atoms with Gasteiger partial charge in [0.25, 0.3) is 0 Å². The summed E-state index contributed by atoms with van der Waals surface area (Å²) in [5.74, 6) is 0.374. The molecule has 0 aromatic heterocycles. The molecule has 82 valence electrons. The van der Waals surface area contributed by atoms with E-state index in [0.717, 1.165) is 19.3 Å². The average Bonchev–Trinajstić information content (AvgIpc) is 2.50. The van der Waals surface area contributed by atoms with Crippen LogP contribution in [0, 0.1) is 5.92 Å². The lowest BCUT2D eigenvalue weighted by Crippen LogP contribution is -2.43. The lowest BCUT2D eigenvalue weighted by Gasteiger charge is -2.15. The van der Waals surface area contributed by atoms with Gasteiger partial charge in [-0.3, -0.25) is 0 Å². The number of hydrogen-bond donors (Lipinski definition) is 3. The second-order valence-corrected chi connectivity index (χ2v) is 4.33. The van der Waals surface area contributed by atoms with Gasteiger partial charge in [-0.25, -0.2) is 4.79 Å². The molecule has 0 spiro atoms. The van der Waals surface area contributed by atoms with Crippen molar-refractivity contribution in [3.05, 3.63) is 0 Å². The summed E-state index contributed by atoms with van der Waals surface area (Å²) in [6.07, 6.45) is 2.90. The van der Waals surface area contributed by atoms with Crippen LogP contribution in [0.25, 0.3) is 0 Å². The molecule has 1 saturated carbocycles. The quantitative estimate of drug-likeness (QED) is 0.632. The van der Waals surface area contributed by atoms with Crippen molar-refractivity contribution < 1.29 is 9.90 Å². The highest BCUT2D eigenvalue weighted by Gasteiger charge is 2.25. The minimum absolute atomic E-state index is 0.0939. The predicted octanol–water partition coefficient (Wildman–Crippen LogP) is 0.855. The molecule has 0 unspecified atom stereocenters. The lowest BCUT2D eigenvalue weighted by molar-refractivity contribution is 0.222. The molecule has 3 N–H and O–H groups in total. The van der Waals surface area contributed by atoms with E-state index >= 15 is 0 Å². The van der Waals surface area contributed by atoms with E-state index < -0.39 is 0 Å². The summed E-state index contributed by atoms with van der Waals surface area (Å²) in [7, 11) is 0. The van der Waals surface area contributed by atoms with E-state index in [1.165, 1.54) is 0 Å². The van der Waals surface area contributed by atoms with Gasteiger partial charge in [0, 0.05) is 18.7 Å². The van der Waals surface area contributed by atoms with Gasteiger partial charge in [-0.05, 0) is 39.0 Å². The maximum absolute atomic E-state index is 11.3. The Balaban J connectivity index is 2.22. The van der Waals surface area contributed by atoms with Crippen LogP contribution in [-0.4, -0.2) is 29.8 Å². The van der Waals surface area contributed by atoms with Crippen molar-refractivity contribution >= 4 is 6.03 Å². The number of nitrogens with one attached hydrogen (secondary N) is 2. The molecule has 0 aromatic rings. The highest BCUT2D eigenvalue weighted by atomic mass is 16.3. The second kappa shape index (κ2) is 5.20. The topological polar surface area (TPSA) is 61.4 Å². The van der Waals surface area contributed by atoms with Crippen molar-refractivity contribution in [2.45, 2.75) is 45.2 Å². The van der Waals surface area contributed by atoms with Crippen LogP contribution in [0.2, 0.25) is 0 Å². The molecule has 0 aromatic carbocycles. The number of carbonyl (C=O) groups excluding carboxylic acids is 1. The first-order valence-electron chi connectivity index (χ1n) is 5.29. The third-order valence-corrected chi connectivity index (χ3v) is 2.55. The van der Waals surface area contributed by atoms with Gasteiger partial charge in [-0.2, -0.15) is 0 Å². The summed E-state index contributed by atoms with van der Waals surface area (Å²) in [5, 5.41) is 14.6. The Hall–Kier alpha value is -0.770. The maximum atomic E-state index is 11.3. The van der Waals surface area contributed by atoms with Crippen LogP contribution in [0.3, 0.4) is 0 Å². The largest absolute Gasteiger partial charge is 0.396 e. The average molecular weight is 200 g/mol. The highest BCUT2D eigenvalue weighted by molar-refractivity contribution is 5.74. The van der Waals surface area contributed by atoms with Crippen LogP contribution < -0.4 is 10.6 Å². The summed E-state index contributed by atoms with van der Waals surface area (Å²) < 4.78 is 0. The van der Waals surface area contributed by atoms with Crippen molar-refractivity contribution in [3.8, 4) is 0 Å². The van der Waals surface area contributed by atoms with Crippen molar-refractivity contribution in [2.24, 2.45) is 5.92 Å². The first-order chi connectivity index (χ1) is 6.61. The summed E-state index contributed by atoms with van der Waals surface area (Å²) >= 11 is 0. The normalized spacial score (nSPS) is 26.6. The third-order valence-electron chi connectivity index (χ3n) is 2.55. The fourth-order valence-corrected chi connectivity index (χ4v) is 1.86. The van der Waals surface area contributed by atoms with E-state index in [-0.39, 0.29) is 24.7 Å². The number of amides is 2. The second-order valence-electron chi connectivity index (χ2n) is 4.33. The van der Waals surface area contributed by atoms with Crippen LogP contribution in [-0.2, 0) is 0 Å². The van der Waals surface area contributed by atoms with E-state index in [4.69, 9.17) is 5.11 Å². The van der Waals surface area contributed by atoms with Gasteiger partial charge in [-0.1, -0.05) is 0 Å². The number of hydrogen-bond acceptors (Lipinski definition) is 2. The van der Waals surface area contributed by atoms with E-state index in [1.54, 1.807) is 0 Å². The fourth-order valence-electron chi connectivity index (χ4n) is 1.86. The zero-order valence-corrected chi connectivity index (χ0v) is 8.92. The van der Waals surface area contributed by atoms with Gasteiger partial charge in [-0.15, -0.1) is 0 Å². The maximum Gasteiger partial charge on any atom is 0.315 e. The van der Waals surface area contributed by atoms with Gasteiger partial charge in [0.05, 0.1) is 0 Å². The summed E-state index contributed by atoms with van der Waals surface area (Å²) in [6.45, 7) is 4.11. The number of aliphatic hydroxyl groups excluding tert-OH is 1. The van der Waals surface area contributed by atoms with E-state index in [9.17, 15) is 4.79 Å². The molecule has 1 aliphatic carbocycles. The fraction of sp³-hybridized carbons (Fsp3) is 0.900. The lowest BCUT2D eigenvalue weighted by atomic mass is 10.1. The molecule has 0 saturated heterocycles. The smallest absolute Gasteiger partial charge is 0.315 e. The number of aliphatic hydroxyl groups is 1. The predicted molar refractivity (Wildman–Crippen MR) is 55.0 cm³/mol. The summed E-state index contributed by atoms with van der Waals surface area (Å²) in [5.41, 5.74) is 0. The van der Waals surface area contributed by atoms with Crippen molar-refractivity contribution in [1.82, 2.24) is 10.6 Å². The van der Waals surface area contributed by atoms with Crippen LogP contribution in [0.5, 0.6) is 0 Å². The molecule has 0 bridgehead atoms. The van der Waals surface area contributed by atoms with Gasteiger partial charge in [0.2, 0.25) is 0 Å². The van der Waals surface area contributed by atoms with Gasteiger partial charge < -0.3 is 15.7 Å². The molecule has 14 heavy (non-hydrogen) atoms. The monoisotopic (exact) mass is 200 g/mol. The van der Waals surface area contributed by atoms with Crippen molar-refractivity contribution in [3.63, 3.8) is 0 Å². The van der Waals surface area contributed by atoms with Gasteiger partial charge in [0.15, 0.2) is 0 Å². The molecular weight excluding hydrogens is 180 g/mol. The Bertz CT molecular complexity index is 195. The zero-order valence-electron chi connectivity index (χ0n) is 8.92. The standard InChI is InChI=1S/C10H20N2O2/c1-7(2)11-10(14)12-9-4-3-8(5-9)6-13/h7-9,13H,3-6H2,1-2H3,(H2,11,12,14)/t8-,9+/m0/s1. The Morgan fingerprint density at radius 3 is 2.71 bits per heavy atom. The Morgan fingerprint density at radius 1 is 1.50 bits per heavy atom. The molecule has 2 atom stereocenters. The van der Waals surface area contributed by atoms with E-state index in [2.05, 4.69) is 10.6 Å². The summed E-state index contributed by atoms with van der Waals surface area (Å²) in [4.78, 5) is 11.3. The number of urea groups is 1. The molecule has 0 aliphatic heterocycles. The Labute approximate surface area is 85.1 Å². The van der Waals surface area contributed by atoms with Crippen molar-refractivity contribution in [1.29, 1.82) is 0 Å². The summed E-state index contributed by atoms with van der Waals surface area (Å²) in [6, 6.07) is 0.319. The third kappa shape index (κ3) is 3.54. The van der Waals surface area contributed by atoms with Crippen LogP contribution in [0.1, 0.15) is 33.1 Å². The molecule has 0 radical (unpaired) electrons. The Kier molecular flexibility index (Phi) is 4.20. The highest BCUT2D eigenvalue weighted by Crippen LogP contribution is 2.24. The molecule has 1 fully saturated rings. The number of carbonyl (C=O) groups is 1. The van der Waals surface area contributed by atoms with E-state index in [1.807, 2.05) is 13.8 Å². The van der Waals surface area contributed by atoms with Gasteiger partial charge >= 0.3 is 6.03 Å². The van der Waals surface area contributed by atoms with Crippen LogP contribution in [0.4, 0.5) is 4.79 Å².